The average Bonchev–Trinajstić information content (AvgIpc) is 2.69. The van der Waals surface area contributed by atoms with E-state index in [0.717, 1.165) is 0 Å². The molecule has 0 radical (unpaired) electrons. The summed E-state index contributed by atoms with van der Waals surface area (Å²) in [5.74, 6) is -0.264. The Hall–Kier alpha value is -2.96. The second-order valence-electron chi connectivity index (χ2n) is 6.18. The van der Waals surface area contributed by atoms with Crippen molar-refractivity contribution in [3.8, 4) is 5.75 Å². The van der Waals surface area contributed by atoms with E-state index in [-0.39, 0.29) is 24.3 Å². The summed E-state index contributed by atoms with van der Waals surface area (Å²) in [4.78, 5) is 36.4. The summed E-state index contributed by atoms with van der Waals surface area (Å²) in [5, 5.41) is 8.75. The molecule has 1 amide bonds. The van der Waals surface area contributed by atoms with Crippen LogP contribution in [0.4, 0.5) is 0 Å². The third kappa shape index (κ3) is 6.55. The number of H-pyrrole nitrogens is 1. The lowest BCUT2D eigenvalue weighted by molar-refractivity contribution is -0.129. The third-order valence-electron chi connectivity index (χ3n) is 4.10. The highest BCUT2D eigenvalue weighted by Crippen LogP contribution is 2.17. The van der Waals surface area contributed by atoms with Gasteiger partial charge in [-0.25, -0.2) is 23.4 Å². The molecule has 2 rings (SSSR count). The van der Waals surface area contributed by atoms with Crippen molar-refractivity contribution in [2.45, 2.75) is 36.7 Å². The number of methoxy groups -OCH3 is 1. The summed E-state index contributed by atoms with van der Waals surface area (Å²) in [5.41, 5.74) is 0.374. The number of carbonyl (C=O) groups is 1. The third-order valence-corrected chi connectivity index (χ3v) is 5.63. The quantitative estimate of drug-likeness (QED) is 0.296. The van der Waals surface area contributed by atoms with E-state index in [0.29, 0.717) is 12.2 Å². The zero-order chi connectivity index (χ0) is 21.4. The number of hydrogen-bond donors (Lipinski definition) is 4. The van der Waals surface area contributed by atoms with Crippen LogP contribution in [0.1, 0.15) is 19.3 Å². The number of nitrogens with zero attached hydrogens (tertiary/aromatic N) is 1. The van der Waals surface area contributed by atoms with Crippen molar-refractivity contribution < 1.29 is 23.2 Å². The molecule has 4 N–H and O–H groups in total. The average molecular weight is 426 g/mol. The molecule has 1 atom stereocenters. The predicted octanol–water partition coefficient (Wildman–Crippen LogP) is -0.432. The molecular formula is C17H22N4O7S. The molecule has 1 aromatic carbocycles. The molecule has 0 saturated carbocycles. The van der Waals surface area contributed by atoms with Gasteiger partial charge in [0.2, 0.25) is 15.9 Å². The first-order chi connectivity index (χ1) is 13.7. The summed E-state index contributed by atoms with van der Waals surface area (Å²) in [6.07, 6.45) is 1.57. The maximum Gasteiger partial charge on any atom is 0.328 e. The second-order valence-corrected chi connectivity index (χ2v) is 7.89. The Kier molecular flexibility index (Phi) is 7.70. The SMILES string of the molecule is COc1ccc(S(=O)(=O)NC(CCCn2ccc(=O)[nH]c2=O)CC(=O)NO)cc1. The number of rotatable bonds is 10. The number of amides is 1. The van der Waals surface area contributed by atoms with Gasteiger partial charge < -0.3 is 9.30 Å². The summed E-state index contributed by atoms with van der Waals surface area (Å²) >= 11 is 0. The topological polar surface area (TPSA) is 160 Å². The Bertz CT molecular complexity index is 1040. The van der Waals surface area contributed by atoms with Crippen molar-refractivity contribution in [3.63, 3.8) is 0 Å². The minimum Gasteiger partial charge on any atom is -0.497 e. The molecule has 0 fully saturated rings. The second kappa shape index (κ2) is 10.0. The van der Waals surface area contributed by atoms with Crippen LogP contribution < -0.4 is 26.2 Å². The molecule has 12 heteroatoms. The number of aromatic nitrogens is 2. The van der Waals surface area contributed by atoms with Gasteiger partial charge in [-0.15, -0.1) is 0 Å². The van der Waals surface area contributed by atoms with Gasteiger partial charge in [-0.3, -0.25) is 19.8 Å². The molecular weight excluding hydrogens is 404 g/mol. The van der Waals surface area contributed by atoms with Gasteiger partial charge in [0, 0.05) is 31.3 Å². The smallest absolute Gasteiger partial charge is 0.328 e. The van der Waals surface area contributed by atoms with Gasteiger partial charge in [-0.05, 0) is 37.1 Å². The Morgan fingerprint density at radius 3 is 2.52 bits per heavy atom. The molecule has 0 saturated heterocycles. The lowest BCUT2D eigenvalue weighted by Crippen LogP contribution is -2.39. The van der Waals surface area contributed by atoms with E-state index in [2.05, 4.69) is 9.71 Å². The number of benzene rings is 1. The van der Waals surface area contributed by atoms with E-state index in [4.69, 9.17) is 9.94 Å². The first-order valence-corrected chi connectivity index (χ1v) is 10.1. The number of aryl methyl sites for hydroxylation is 1. The number of ether oxygens (including phenoxy) is 1. The minimum absolute atomic E-state index is 0.00967. The van der Waals surface area contributed by atoms with Gasteiger partial charge >= 0.3 is 5.69 Å². The van der Waals surface area contributed by atoms with Gasteiger partial charge in [0.15, 0.2) is 0 Å². The van der Waals surface area contributed by atoms with E-state index in [1.54, 1.807) is 0 Å². The normalized spacial score (nSPS) is 12.3. The van der Waals surface area contributed by atoms with Crippen LogP contribution >= 0.6 is 0 Å². The van der Waals surface area contributed by atoms with Gasteiger partial charge in [-0.1, -0.05) is 0 Å². The van der Waals surface area contributed by atoms with Crippen molar-refractivity contribution in [1.82, 2.24) is 19.8 Å². The van der Waals surface area contributed by atoms with E-state index in [1.807, 2.05) is 0 Å². The fraction of sp³-hybridized carbons (Fsp3) is 0.353. The highest BCUT2D eigenvalue weighted by molar-refractivity contribution is 7.89. The first-order valence-electron chi connectivity index (χ1n) is 8.64. The molecule has 0 aliphatic heterocycles. The Labute approximate surface area is 166 Å². The highest BCUT2D eigenvalue weighted by Gasteiger charge is 2.22. The van der Waals surface area contributed by atoms with Crippen LogP contribution in [0.15, 0.2) is 51.0 Å². The molecule has 1 unspecified atom stereocenters. The number of aromatic amines is 1. The van der Waals surface area contributed by atoms with Crippen LogP contribution in [-0.4, -0.2) is 42.2 Å². The van der Waals surface area contributed by atoms with Crippen molar-refractivity contribution in [1.29, 1.82) is 0 Å². The zero-order valence-corrected chi connectivity index (χ0v) is 16.4. The van der Waals surface area contributed by atoms with Crippen LogP contribution in [-0.2, 0) is 21.4 Å². The predicted molar refractivity (Wildman–Crippen MR) is 102 cm³/mol. The highest BCUT2D eigenvalue weighted by atomic mass is 32.2. The lowest BCUT2D eigenvalue weighted by Gasteiger charge is -2.18. The zero-order valence-electron chi connectivity index (χ0n) is 15.6. The molecule has 0 aliphatic rings. The summed E-state index contributed by atoms with van der Waals surface area (Å²) in [6.45, 7) is 0.205. The Balaban J connectivity index is 2.08. The first kappa shape index (κ1) is 22.3. The molecule has 0 spiro atoms. The van der Waals surface area contributed by atoms with Gasteiger partial charge in [0.05, 0.1) is 12.0 Å². The van der Waals surface area contributed by atoms with Crippen LogP contribution in [0.5, 0.6) is 5.75 Å². The fourth-order valence-electron chi connectivity index (χ4n) is 2.64. The van der Waals surface area contributed by atoms with Crippen molar-refractivity contribution in [3.05, 3.63) is 57.4 Å². The van der Waals surface area contributed by atoms with Crippen LogP contribution in [0.25, 0.3) is 0 Å². The Morgan fingerprint density at radius 2 is 1.93 bits per heavy atom. The molecule has 158 valence electrons. The van der Waals surface area contributed by atoms with Crippen LogP contribution in [0.2, 0.25) is 0 Å². The molecule has 0 bridgehead atoms. The van der Waals surface area contributed by atoms with E-state index >= 15 is 0 Å². The minimum atomic E-state index is -3.93. The maximum absolute atomic E-state index is 12.6. The standard InChI is InChI=1S/C17H22N4O7S/c1-28-13-4-6-14(7-5-13)29(26,27)20-12(11-16(23)19-25)3-2-9-21-10-8-15(22)18-17(21)24/h4-8,10,12,20,25H,2-3,9,11H2,1H3,(H,19,23)(H,18,22,24). The molecule has 2 aromatic rings. The summed E-state index contributed by atoms with van der Waals surface area (Å²) in [7, 11) is -2.47. The molecule has 29 heavy (non-hydrogen) atoms. The van der Waals surface area contributed by atoms with E-state index in [9.17, 15) is 22.8 Å². The molecule has 1 heterocycles. The largest absolute Gasteiger partial charge is 0.497 e. The number of hydrogen-bond acceptors (Lipinski definition) is 7. The summed E-state index contributed by atoms with van der Waals surface area (Å²) < 4.78 is 33.9. The van der Waals surface area contributed by atoms with Gasteiger partial charge in [0.1, 0.15) is 5.75 Å². The maximum atomic E-state index is 12.6. The molecule has 1 aromatic heterocycles. The molecule has 11 nitrogen and oxygen atoms in total. The van der Waals surface area contributed by atoms with Gasteiger partial charge in [0.25, 0.3) is 5.56 Å². The Morgan fingerprint density at radius 1 is 1.24 bits per heavy atom. The van der Waals surface area contributed by atoms with E-state index < -0.39 is 33.2 Å². The number of carbonyl (C=O) groups excluding carboxylic acids is 1. The number of sulfonamides is 1. The van der Waals surface area contributed by atoms with Crippen LogP contribution in [0.3, 0.4) is 0 Å². The van der Waals surface area contributed by atoms with Crippen molar-refractivity contribution in [2.75, 3.05) is 7.11 Å². The molecule has 0 aliphatic carbocycles. The van der Waals surface area contributed by atoms with Crippen LogP contribution in [0, 0.1) is 0 Å². The van der Waals surface area contributed by atoms with Gasteiger partial charge in [-0.2, -0.15) is 0 Å². The summed E-state index contributed by atoms with van der Waals surface area (Å²) in [6, 6.07) is 6.09. The monoisotopic (exact) mass is 426 g/mol. The van der Waals surface area contributed by atoms with Crippen molar-refractivity contribution >= 4 is 15.9 Å². The number of nitrogens with one attached hydrogen (secondary N) is 3. The number of hydroxylamine groups is 1. The van der Waals surface area contributed by atoms with E-state index in [1.165, 1.54) is 53.7 Å². The lowest BCUT2D eigenvalue weighted by atomic mass is 10.1. The fourth-order valence-corrected chi connectivity index (χ4v) is 3.91. The van der Waals surface area contributed by atoms with Crippen molar-refractivity contribution in [2.24, 2.45) is 0 Å².